The monoisotopic (exact) mass is 458 g/mol. The quantitative estimate of drug-likeness (QED) is 0.562. The number of nitrogens with zero attached hydrogens (tertiary/aromatic N) is 5. The Morgan fingerprint density at radius 1 is 1.21 bits per heavy atom. The number of nitrogens with one attached hydrogen (secondary N) is 2. The van der Waals surface area contributed by atoms with Crippen molar-refractivity contribution in [2.45, 2.75) is 45.4 Å². The van der Waals surface area contributed by atoms with Crippen molar-refractivity contribution >= 4 is 34.3 Å². The molecule has 0 bridgehead atoms. The molecule has 0 amide bonds. The predicted octanol–water partition coefficient (Wildman–Crippen LogP) is 2.97. The van der Waals surface area contributed by atoms with E-state index in [0.29, 0.717) is 0 Å². The van der Waals surface area contributed by atoms with Gasteiger partial charge in [0.1, 0.15) is 11.5 Å². The van der Waals surface area contributed by atoms with Crippen LogP contribution < -0.4 is 21.1 Å². The van der Waals surface area contributed by atoms with Crippen LogP contribution in [0.4, 0.5) is 17.5 Å². The van der Waals surface area contributed by atoms with Crippen LogP contribution in [0.3, 0.4) is 0 Å². The third-order valence-electron chi connectivity index (χ3n) is 5.33. The summed E-state index contributed by atoms with van der Waals surface area (Å²) in [5.41, 5.74) is -2.74. The summed E-state index contributed by atoms with van der Waals surface area (Å²) in [6.07, 6.45) is -2.65. The van der Waals surface area contributed by atoms with Crippen molar-refractivity contribution in [2.75, 3.05) is 36.3 Å². The summed E-state index contributed by atoms with van der Waals surface area (Å²) < 4.78 is 91.8. The number of hydrogen-bond acceptors (Lipinski definition) is 8. The predicted molar refractivity (Wildman–Crippen MR) is 129 cm³/mol. The molecule has 0 atom stereocenters. The zero-order valence-electron chi connectivity index (χ0n) is 28.8. The molecule has 5 rings (SSSR count). The first-order chi connectivity index (χ1) is 20.2. The Bertz CT molecular complexity index is 1660. The number of pyridine rings is 2. The Kier molecular flexibility index (Phi) is 3.30. The third kappa shape index (κ3) is 4.08. The summed E-state index contributed by atoms with van der Waals surface area (Å²) in [4.78, 5) is 40.1. The van der Waals surface area contributed by atoms with Crippen LogP contribution in [0.1, 0.15) is 69.6 Å². The van der Waals surface area contributed by atoms with Gasteiger partial charge in [0.15, 0.2) is 5.78 Å². The van der Waals surface area contributed by atoms with Crippen LogP contribution in [0.15, 0.2) is 29.3 Å². The number of piperazine rings is 1. The molecule has 2 fully saturated rings. The summed E-state index contributed by atoms with van der Waals surface area (Å²) in [5.74, 6) is -0.994. The molecule has 0 aromatic carbocycles. The molecule has 172 valence electrons. The average Bonchev–Trinajstić information content (AvgIpc) is 3.09. The van der Waals surface area contributed by atoms with Crippen LogP contribution in [0.5, 0.6) is 0 Å². The van der Waals surface area contributed by atoms with Crippen molar-refractivity contribution in [1.82, 2.24) is 24.8 Å². The highest BCUT2D eigenvalue weighted by Gasteiger charge is 2.25. The van der Waals surface area contributed by atoms with E-state index in [-0.39, 0.29) is 54.4 Å². The second-order valence-electron chi connectivity index (χ2n) is 7.50. The van der Waals surface area contributed by atoms with Crippen molar-refractivity contribution < 1.29 is 19.9 Å². The second kappa shape index (κ2) is 8.90. The van der Waals surface area contributed by atoms with E-state index in [0.717, 1.165) is 22.6 Å². The topological polar surface area (TPSA) is 105 Å². The first kappa shape index (κ1) is 12.2. The van der Waals surface area contributed by atoms with E-state index in [9.17, 15) is 9.59 Å². The fourth-order valence-electron chi connectivity index (χ4n) is 3.77. The van der Waals surface area contributed by atoms with Gasteiger partial charge in [0, 0.05) is 53.3 Å². The largest absolute Gasteiger partial charge is 0.368 e. The van der Waals surface area contributed by atoms with Gasteiger partial charge in [0.05, 0.1) is 22.9 Å². The van der Waals surface area contributed by atoms with Crippen LogP contribution in [0.2, 0.25) is 0 Å². The van der Waals surface area contributed by atoms with Crippen LogP contribution in [-0.2, 0) is 0 Å². The molecular weight excluding hydrogens is 418 g/mol. The van der Waals surface area contributed by atoms with E-state index in [1.807, 2.05) is 0 Å². The molecule has 0 unspecified atom stereocenters. The Hall–Kier alpha value is -3.33. The molecule has 2 aliphatic rings. The minimum atomic E-state index is -2.97. The van der Waals surface area contributed by atoms with Crippen molar-refractivity contribution in [3.05, 3.63) is 46.0 Å². The van der Waals surface area contributed by atoms with Crippen molar-refractivity contribution in [3.8, 4) is 0 Å². The lowest BCUT2D eigenvalue weighted by Gasteiger charge is -2.29. The molecule has 1 saturated heterocycles. The standard InChI is InChI=1S/C24H29N7O2/c1-15-19-14-27-24(28-20-8-7-18(13-26-20)30-11-9-25-10-12-30)29-22(19)31(17-5-3-4-6-17)23(33)21(15)16(2)32/h7-8,13-14,17,25H,3-6,9-12H2,1-2H3,(H,26,27,28,29)/i1D3,5D2,6D2,11D2,12D2. The molecule has 0 radical (unpaired) electrons. The number of Topliss-reactive ketones (excluding diaryl/α,β-unsaturated/α-hetero) is 1. The van der Waals surface area contributed by atoms with Gasteiger partial charge in [-0.25, -0.2) is 9.97 Å². The fourth-order valence-corrected chi connectivity index (χ4v) is 3.77. The van der Waals surface area contributed by atoms with Gasteiger partial charge < -0.3 is 15.5 Å². The van der Waals surface area contributed by atoms with Crippen LogP contribution in [0.25, 0.3) is 11.0 Å². The van der Waals surface area contributed by atoms with Crippen molar-refractivity contribution in [1.29, 1.82) is 0 Å². The van der Waals surface area contributed by atoms with Gasteiger partial charge in [-0.2, -0.15) is 4.98 Å². The molecule has 1 saturated carbocycles. The summed E-state index contributed by atoms with van der Waals surface area (Å²) in [6, 6.07) is 1.10. The van der Waals surface area contributed by atoms with E-state index < -0.39 is 61.1 Å². The van der Waals surface area contributed by atoms with E-state index in [4.69, 9.17) is 15.1 Å². The highest BCUT2D eigenvalue weighted by Crippen LogP contribution is 2.32. The van der Waals surface area contributed by atoms with E-state index in [2.05, 4.69) is 25.6 Å². The van der Waals surface area contributed by atoms with E-state index in [1.54, 1.807) is 0 Å². The number of carbonyl (C=O) groups excluding carboxylic acids is 1. The number of rotatable bonds is 5. The maximum atomic E-state index is 13.8. The fraction of sp³-hybridized carbons (Fsp3) is 0.458. The van der Waals surface area contributed by atoms with E-state index >= 15 is 0 Å². The highest BCUT2D eigenvalue weighted by molar-refractivity contribution is 5.99. The van der Waals surface area contributed by atoms with Crippen LogP contribution in [-0.4, -0.2) is 51.4 Å². The third-order valence-corrected chi connectivity index (χ3v) is 5.33. The number of hydrogen-bond donors (Lipinski definition) is 2. The first-order valence-corrected chi connectivity index (χ1v) is 10.4. The van der Waals surface area contributed by atoms with Gasteiger partial charge in [-0.3, -0.25) is 14.2 Å². The molecule has 9 heteroatoms. The molecule has 33 heavy (non-hydrogen) atoms. The van der Waals surface area contributed by atoms with Gasteiger partial charge in [0.2, 0.25) is 5.95 Å². The average molecular weight is 459 g/mol. The summed E-state index contributed by atoms with van der Waals surface area (Å²) >= 11 is 0. The Balaban J connectivity index is 1.65. The molecule has 1 aliphatic carbocycles. The number of fused-ring (bicyclic) bond motifs is 1. The number of anilines is 3. The Morgan fingerprint density at radius 2 is 2.00 bits per heavy atom. The van der Waals surface area contributed by atoms with Crippen molar-refractivity contribution in [2.24, 2.45) is 0 Å². The van der Waals surface area contributed by atoms with Gasteiger partial charge in [0.25, 0.3) is 5.56 Å². The smallest absolute Gasteiger partial charge is 0.263 e. The summed E-state index contributed by atoms with van der Waals surface area (Å²) in [6.45, 7) is -6.30. The summed E-state index contributed by atoms with van der Waals surface area (Å²) in [5, 5.41) is 5.25. The lowest BCUT2D eigenvalue weighted by Crippen LogP contribution is -2.43. The molecule has 9 nitrogen and oxygen atoms in total. The number of aromatic nitrogens is 4. The Morgan fingerprint density at radius 3 is 2.67 bits per heavy atom. The SMILES string of the molecule is [2H]C([2H])([2H])c1c(C(C)=O)c(=O)n(C2C([2H])([2H])CCC2([2H])[2H])c2nc(Nc3ccc(N4C([2H])([2H])CNCC4([2H])[2H])cn3)ncc12. The highest BCUT2D eigenvalue weighted by atomic mass is 16.1. The summed E-state index contributed by atoms with van der Waals surface area (Å²) in [7, 11) is 0. The van der Waals surface area contributed by atoms with Crippen LogP contribution >= 0.6 is 0 Å². The Labute approximate surface area is 207 Å². The van der Waals surface area contributed by atoms with Gasteiger partial charge in [-0.05, 0) is 44.2 Å². The molecule has 4 heterocycles. The zero-order valence-corrected chi connectivity index (χ0v) is 17.8. The molecule has 3 aromatic heterocycles. The van der Waals surface area contributed by atoms with Gasteiger partial charge in [-0.1, -0.05) is 12.8 Å². The molecule has 3 aromatic rings. The molecular formula is C24H29N7O2. The lowest BCUT2D eigenvalue weighted by molar-refractivity contribution is 0.101. The van der Waals surface area contributed by atoms with Crippen molar-refractivity contribution in [3.63, 3.8) is 0 Å². The van der Waals surface area contributed by atoms with E-state index in [1.165, 1.54) is 18.3 Å². The van der Waals surface area contributed by atoms with Gasteiger partial charge >= 0.3 is 0 Å². The number of carbonyl (C=O) groups is 1. The lowest BCUT2D eigenvalue weighted by atomic mass is 10.0. The first-order valence-electron chi connectivity index (χ1n) is 15.9. The zero-order chi connectivity index (χ0) is 32.6. The molecule has 1 aliphatic heterocycles. The maximum Gasteiger partial charge on any atom is 0.263 e. The van der Waals surface area contributed by atoms with Gasteiger partial charge in [-0.15, -0.1) is 0 Å². The second-order valence-corrected chi connectivity index (χ2v) is 7.50. The van der Waals surface area contributed by atoms with Crippen LogP contribution in [0, 0.1) is 6.85 Å². The number of aryl methyl sites for hydroxylation is 1. The minimum Gasteiger partial charge on any atom is -0.368 e. The minimum absolute atomic E-state index is 0.112. The number of ketones is 1. The molecule has 0 spiro atoms. The molecule has 2 N–H and O–H groups in total. The maximum absolute atomic E-state index is 13.8. The normalized spacial score (nSPS) is 28.4.